The van der Waals surface area contributed by atoms with E-state index >= 15 is 0 Å². The zero-order valence-corrected chi connectivity index (χ0v) is 10.2. The topological polar surface area (TPSA) is 49.6 Å². The second-order valence-electron chi connectivity index (χ2n) is 3.41. The Morgan fingerprint density at radius 2 is 1.80 bits per heavy atom. The fourth-order valence-electron chi connectivity index (χ4n) is 1.12. The number of hydrogen-bond acceptors (Lipinski definition) is 4. The van der Waals surface area contributed by atoms with E-state index in [-0.39, 0.29) is 0 Å². The van der Waals surface area contributed by atoms with Gasteiger partial charge in [0.2, 0.25) is 0 Å². The Labute approximate surface area is 94.9 Å². The van der Waals surface area contributed by atoms with Gasteiger partial charge >= 0.3 is 0 Å². The highest BCUT2D eigenvalue weighted by Crippen LogP contribution is 2.17. The van der Waals surface area contributed by atoms with Crippen LogP contribution in [0.15, 0.2) is 5.16 Å². The molecule has 0 aliphatic rings. The number of hydrogen-bond donors (Lipinski definition) is 0. The minimum absolute atomic E-state index is 0.608. The first-order chi connectivity index (χ1) is 7.15. The van der Waals surface area contributed by atoms with Gasteiger partial charge in [-0.05, 0) is 32.8 Å². The van der Waals surface area contributed by atoms with Crippen molar-refractivity contribution in [3.05, 3.63) is 17.0 Å². The Kier molecular flexibility index (Phi) is 4.57. The summed E-state index contributed by atoms with van der Waals surface area (Å²) in [5.74, 6) is 0.912. The molecule has 80 valence electrons. The van der Waals surface area contributed by atoms with E-state index in [1.807, 2.05) is 20.8 Å². The highest BCUT2D eigenvalue weighted by atomic mass is 32.2. The first kappa shape index (κ1) is 12.0. The van der Waals surface area contributed by atoms with Gasteiger partial charge in [-0.25, -0.2) is 9.97 Å². The molecule has 0 saturated heterocycles. The van der Waals surface area contributed by atoms with Crippen LogP contribution in [0.4, 0.5) is 0 Å². The predicted octanol–water partition coefficient (Wildman–Crippen LogP) is 2.80. The highest BCUT2D eigenvalue weighted by molar-refractivity contribution is 7.99. The zero-order chi connectivity index (χ0) is 11.3. The molecule has 1 aromatic rings. The summed E-state index contributed by atoms with van der Waals surface area (Å²) in [7, 11) is 0. The molecule has 0 unspecified atom stereocenters. The molecule has 0 saturated carbocycles. The van der Waals surface area contributed by atoms with Gasteiger partial charge < -0.3 is 0 Å². The molecule has 0 aliphatic carbocycles. The van der Waals surface area contributed by atoms with Crippen molar-refractivity contribution in [1.29, 1.82) is 5.26 Å². The van der Waals surface area contributed by atoms with E-state index in [1.54, 1.807) is 11.8 Å². The van der Waals surface area contributed by atoms with Crippen molar-refractivity contribution in [3.63, 3.8) is 0 Å². The van der Waals surface area contributed by atoms with Crippen LogP contribution in [0.25, 0.3) is 0 Å². The second-order valence-corrected chi connectivity index (χ2v) is 4.47. The van der Waals surface area contributed by atoms with E-state index in [9.17, 15) is 0 Å². The average Bonchev–Trinajstić information content (AvgIpc) is 2.21. The first-order valence-corrected chi connectivity index (χ1v) is 5.95. The number of rotatable bonds is 4. The summed E-state index contributed by atoms with van der Waals surface area (Å²) in [6, 6.07) is 2.13. The fourth-order valence-corrected chi connectivity index (χ4v) is 1.99. The van der Waals surface area contributed by atoms with Gasteiger partial charge in [0.1, 0.15) is 0 Å². The van der Waals surface area contributed by atoms with Crippen LogP contribution < -0.4 is 0 Å². The Morgan fingerprint density at radius 1 is 1.20 bits per heavy atom. The third-order valence-corrected chi connectivity index (χ3v) is 3.21. The van der Waals surface area contributed by atoms with Gasteiger partial charge in [-0.15, -0.1) is 0 Å². The molecule has 0 atom stereocenters. The van der Waals surface area contributed by atoms with Crippen LogP contribution in [-0.4, -0.2) is 15.7 Å². The lowest BCUT2D eigenvalue weighted by molar-refractivity contribution is 0.876. The number of unbranched alkanes of at least 4 members (excludes halogenated alkanes) is 1. The third-order valence-electron chi connectivity index (χ3n) is 2.28. The Morgan fingerprint density at radius 3 is 2.33 bits per heavy atom. The largest absolute Gasteiger partial charge is 0.228 e. The summed E-state index contributed by atoms with van der Waals surface area (Å²) >= 11 is 1.62. The number of nitrogens with zero attached hydrogens (tertiary/aromatic N) is 3. The number of nitriles is 1. The smallest absolute Gasteiger partial charge is 0.187 e. The molecule has 0 spiro atoms. The van der Waals surface area contributed by atoms with Crippen LogP contribution in [0.1, 0.15) is 29.8 Å². The first-order valence-electron chi connectivity index (χ1n) is 4.96. The SMILES string of the molecule is Cc1nc(SCCCC#N)nc(C)c1C. The maximum Gasteiger partial charge on any atom is 0.187 e. The minimum atomic E-state index is 0.608. The van der Waals surface area contributed by atoms with Crippen molar-refractivity contribution >= 4 is 11.8 Å². The van der Waals surface area contributed by atoms with E-state index < -0.39 is 0 Å². The van der Waals surface area contributed by atoms with E-state index in [4.69, 9.17) is 5.26 Å². The molecule has 1 heterocycles. The highest BCUT2D eigenvalue weighted by Gasteiger charge is 2.04. The minimum Gasteiger partial charge on any atom is -0.228 e. The van der Waals surface area contributed by atoms with Crippen molar-refractivity contribution in [2.75, 3.05) is 5.75 Å². The molecule has 0 aromatic carbocycles. The number of thioether (sulfide) groups is 1. The molecule has 1 aromatic heterocycles. The fraction of sp³-hybridized carbons (Fsp3) is 0.545. The molecule has 15 heavy (non-hydrogen) atoms. The molecule has 0 amide bonds. The average molecular weight is 221 g/mol. The predicted molar refractivity (Wildman–Crippen MR) is 61.8 cm³/mol. The molecule has 0 fully saturated rings. The van der Waals surface area contributed by atoms with Crippen molar-refractivity contribution in [1.82, 2.24) is 9.97 Å². The molecular weight excluding hydrogens is 206 g/mol. The third kappa shape index (κ3) is 3.52. The van der Waals surface area contributed by atoms with Crippen molar-refractivity contribution in [2.45, 2.75) is 38.8 Å². The van der Waals surface area contributed by atoms with Gasteiger partial charge in [0.05, 0.1) is 6.07 Å². The Hall–Kier alpha value is -1.08. The summed E-state index contributed by atoms with van der Waals surface area (Å²) in [4.78, 5) is 8.80. The van der Waals surface area contributed by atoms with E-state index in [1.165, 1.54) is 0 Å². The lowest BCUT2D eigenvalue weighted by Crippen LogP contribution is -1.98. The molecule has 1 rings (SSSR count). The van der Waals surface area contributed by atoms with Crippen molar-refractivity contribution in [3.8, 4) is 6.07 Å². The van der Waals surface area contributed by atoms with Crippen molar-refractivity contribution < 1.29 is 0 Å². The van der Waals surface area contributed by atoms with Gasteiger partial charge in [0.25, 0.3) is 0 Å². The molecule has 0 radical (unpaired) electrons. The van der Waals surface area contributed by atoms with E-state index in [0.29, 0.717) is 6.42 Å². The van der Waals surface area contributed by atoms with Crippen LogP contribution in [0.5, 0.6) is 0 Å². The van der Waals surface area contributed by atoms with Gasteiger partial charge in [0, 0.05) is 23.6 Å². The van der Waals surface area contributed by atoms with Gasteiger partial charge in [0.15, 0.2) is 5.16 Å². The lowest BCUT2D eigenvalue weighted by atomic mass is 10.2. The Bertz CT molecular complexity index is 359. The Balaban J connectivity index is 2.59. The van der Waals surface area contributed by atoms with Crippen LogP contribution in [-0.2, 0) is 0 Å². The molecule has 0 aliphatic heterocycles. The summed E-state index contributed by atoms with van der Waals surface area (Å²) in [5, 5.41) is 9.22. The second kappa shape index (κ2) is 5.72. The van der Waals surface area contributed by atoms with Gasteiger partial charge in [-0.3, -0.25) is 0 Å². The number of aromatic nitrogens is 2. The summed E-state index contributed by atoms with van der Waals surface area (Å²) in [6.07, 6.45) is 1.51. The maximum absolute atomic E-state index is 8.40. The monoisotopic (exact) mass is 221 g/mol. The maximum atomic E-state index is 8.40. The van der Waals surface area contributed by atoms with Crippen LogP contribution in [0.2, 0.25) is 0 Å². The quantitative estimate of drug-likeness (QED) is 0.445. The summed E-state index contributed by atoms with van der Waals surface area (Å²) in [6.45, 7) is 6.04. The summed E-state index contributed by atoms with van der Waals surface area (Å²) < 4.78 is 0. The van der Waals surface area contributed by atoms with Crippen LogP contribution >= 0.6 is 11.8 Å². The standard InChI is InChI=1S/C11H15N3S/c1-8-9(2)13-11(14-10(8)3)15-7-5-4-6-12/h4-5,7H2,1-3H3. The van der Waals surface area contributed by atoms with Crippen LogP contribution in [0, 0.1) is 32.1 Å². The number of aryl methyl sites for hydroxylation is 2. The molecule has 3 nitrogen and oxygen atoms in total. The van der Waals surface area contributed by atoms with E-state index in [0.717, 1.165) is 34.3 Å². The van der Waals surface area contributed by atoms with E-state index in [2.05, 4.69) is 16.0 Å². The molecule has 0 N–H and O–H groups in total. The molecule has 4 heteroatoms. The van der Waals surface area contributed by atoms with Gasteiger partial charge in [-0.1, -0.05) is 11.8 Å². The summed E-state index contributed by atoms with van der Waals surface area (Å²) in [5.41, 5.74) is 3.26. The van der Waals surface area contributed by atoms with Crippen molar-refractivity contribution in [2.24, 2.45) is 0 Å². The normalized spacial score (nSPS) is 10.0. The molecule has 0 bridgehead atoms. The lowest BCUT2D eigenvalue weighted by Gasteiger charge is -2.05. The zero-order valence-electron chi connectivity index (χ0n) is 9.37. The van der Waals surface area contributed by atoms with Gasteiger partial charge in [-0.2, -0.15) is 5.26 Å². The molecular formula is C11H15N3S. The van der Waals surface area contributed by atoms with Crippen LogP contribution in [0.3, 0.4) is 0 Å².